The monoisotopic (exact) mass is 324 g/mol. The van der Waals surface area contributed by atoms with Crippen LogP contribution in [0.2, 0.25) is 0 Å². The van der Waals surface area contributed by atoms with Crippen LogP contribution in [0.25, 0.3) is 0 Å². The van der Waals surface area contributed by atoms with Crippen LogP contribution in [0.5, 0.6) is 17.2 Å². The molecule has 0 aliphatic heterocycles. The predicted octanol–water partition coefficient (Wildman–Crippen LogP) is 2.17. The van der Waals surface area contributed by atoms with Crippen LogP contribution in [0, 0.1) is 0 Å². The highest BCUT2D eigenvalue weighted by atomic mass is 16.5. The van der Waals surface area contributed by atoms with Crippen molar-refractivity contribution in [2.75, 3.05) is 41.0 Å². The fraction of sp³-hybridized carbons (Fsp3) is 0.588. The molecule has 0 aliphatic carbocycles. The standard InChI is InChI=1S/C17H28N2O4/c1-7-19(8-2)12(3)11-18-17(20)13-9-14(21-4)16(23-6)15(10-13)22-5/h9-10,12H,7-8,11H2,1-6H3,(H,18,20). The lowest BCUT2D eigenvalue weighted by Gasteiger charge is -2.26. The topological polar surface area (TPSA) is 60.0 Å². The Morgan fingerprint density at radius 2 is 1.61 bits per heavy atom. The van der Waals surface area contributed by atoms with E-state index in [9.17, 15) is 4.79 Å². The van der Waals surface area contributed by atoms with Gasteiger partial charge in [-0.2, -0.15) is 0 Å². The number of likely N-dealkylation sites (N-methyl/N-ethyl adjacent to an activating group) is 1. The molecule has 0 saturated carbocycles. The Morgan fingerprint density at radius 1 is 1.09 bits per heavy atom. The van der Waals surface area contributed by atoms with Crippen LogP contribution in [0.15, 0.2) is 12.1 Å². The number of nitrogens with zero attached hydrogens (tertiary/aromatic N) is 1. The molecule has 6 heteroatoms. The van der Waals surface area contributed by atoms with E-state index in [1.54, 1.807) is 12.1 Å². The van der Waals surface area contributed by atoms with Gasteiger partial charge in [-0.15, -0.1) is 0 Å². The first-order chi connectivity index (χ1) is 11.0. The fourth-order valence-corrected chi connectivity index (χ4v) is 2.53. The summed E-state index contributed by atoms with van der Waals surface area (Å²) in [5, 5.41) is 2.96. The third kappa shape index (κ3) is 4.76. The Balaban J connectivity index is 2.88. The summed E-state index contributed by atoms with van der Waals surface area (Å²) in [6, 6.07) is 3.58. The van der Waals surface area contributed by atoms with Crippen molar-refractivity contribution in [3.63, 3.8) is 0 Å². The lowest BCUT2D eigenvalue weighted by molar-refractivity contribution is 0.0937. The smallest absolute Gasteiger partial charge is 0.251 e. The minimum atomic E-state index is -0.164. The Kier molecular flexibility index (Phi) is 7.68. The van der Waals surface area contributed by atoms with Crippen LogP contribution in [0.4, 0.5) is 0 Å². The van der Waals surface area contributed by atoms with Crippen LogP contribution in [-0.2, 0) is 0 Å². The van der Waals surface area contributed by atoms with Gasteiger partial charge in [-0.3, -0.25) is 9.69 Å². The van der Waals surface area contributed by atoms with E-state index in [0.717, 1.165) is 13.1 Å². The number of methoxy groups -OCH3 is 3. The molecule has 0 aromatic heterocycles. The Bertz CT molecular complexity index is 490. The van der Waals surface area contributed by atoms with Gasteiger partial charge >= 0.3 is 0 Å². The van der Waals surface area contributed by atoms with Crippen LogP contribution in [0.1, 0.15) is 31.1 Å². The quantitative estimate of drug-likeness (QED) is 0.754. The Hall–Kier alpha value is -1.95. The molecule has 130 valence electrons. The predicted molar refractivity (Wildman–Crippen MR) is 90.8 cm³/mol. The molecular formula is C17H28N2O4. The van der Waals surface area contributed by atoms with E-state index in [0.29, 0.717) is 29.4 Å². The second kappa shape index (κ2) is 9.25. The molecule has 0 radical (unpaired) electrons. The normalized spacial score (nSPS) is 12.0. The van der Waals surface area contributed by atoms with E-state index in [2.05, 4.69) is 31.0 Å². The van der Waals surface area contributed by atoms with Crippen molar-refractivity contribution < 1.29 is 19.0 Å². The Labute approximate surface area is 138 Å². The molecule has 1 aromatic rings. The molecule has 0 aliphatic rings. The summed E-state index contributed by atoms with van der Waals surface area (Å²) in [5.41, 5.74) is 0.478. The minimum absolute atomic E-state index is 0.164. The summed E-state index contributed by atoms with van der Waals surface area (Å²) < 4.78 is 15.8. The molecule has 1 aromatic carbocycles. The molecule has 0 heterocycles. The molecule has 1 unspecified atom stereocenters. The number of amides is 1. The average Bonchev–Trinajstić information content (AvgIpc) is 2.59. The largest absolute Gasteiger partial charge is 0.493 e. The van der Waals surface area contributed by atoms with E-state index in [1.165, 1.54) is 21.3 Å². The van der Waals surface area contributed by atoms with Gasteiger partial charge in [-0.1, -0.05) is 13.8 Å². The fourth-order valence-electron chi connectivity index (χ4n) is 2.53. The third-order valence-electron chi connectivity index (χ3n) is 3.92. The van der Waals surface area contributed by atoms with Gasteiger partial charge in [-0.25, -0.2) is 0 Å². The average molecular weight is 324 g/mol. The van der Waals surface area contributed by atoms with Gasteiger partial charge in [0.05, 0.1) is 21.3 Å². The number of benzene rings is 1. The summed E-state index contributed by atoms with van der Waals surface area (Å²) in [5.74, 6) is 1.24. The summed E-state index contributed by atoms with van der Waals surface area (Å²) in [6.45, 7) is 8.82. The molecule has 6 nitrogen and oxygen atoms in total. The summed E-state index contributed by atoms with van der Waals surface area (Å²) >= 11 is 0. The van der Waals surface area contributed by atoms with E-state index >= 15 is 0 Å². The van der Waals surface area contributed by atoms with Crippen molar-refractivity contribution in [1.82, 2.24) is 10.2 Å². The first kappa shape index (κ1) is 19.1. The number of hydrogen-bond donors (Lipinski definition) is 1. The Morgan fingerprint density at radius 3 is 2.00 bits per heavy atom. The van der Waals surface area contributed by atoms with E-state index in [1.807, 2.05) is 0 Å². The molecule has 0 saturated heterocycles. The zero-order valence-electron chi connectivity index (χ0n) is 14.9. The lowest BCUT2D eigenvalue weighted by Crippen LogP contribution is -2.42. The highest BCUT2D eigenvalue weighted by molar-refractivity contribution is 5.95. The minimum Gasteiger partial charge on any atom is -0.493 e. The second-order valence-corrected chi connectivity index (χ2v) is 5.19. The highest BCUT2D eigenvalue weighted by Crippen LogP contribution is 2.38. The molecule has 1 rings (SSSR count). The number of carbonyl (C=O) groups excluding carboxylic acids is 1. The van der Waals surface area contributed by atoms with Crippen molar-refractivity contribution in [2.24, 2.45) is 0 Å². The van der Waals surface area contributed by atoms with Gasteiger partial charge in [0.1, 0.15) is 0 Å². The van der Waals surface area contributed by atoms with Gasteiger partial charge in [0, 0.05) is 18.2 Å². The van der Waals surface area contributed by atoms with Gasteiger partial charge in [0.15, 0.2) is 11.5 Å². The van der Waals surface area contributed by atoms with Gasteiger partial charge in [-0.05, 0) is 32.1 Å². The van der Waals surface area contributed by atoms with Crippen molar-refractivity contribution in [3.05, 3.63) is 17.7 Å². The van der Waals surface area contributed by atoms with Crippen molar-refractivity contribution in [2.45, 2.75) is 26.8 Å². The maximum Gasteiger partial charge on any atom is 0.251 e. The summed E-state index contributed by atoms with van der Waals surface area (Å²) in [7, 11) is 4.59. The van der Waals surface area contributed by atoms with Crippen LogP contribution >= 0.6 is 0 Å². The van der Waals surface area contributed by atoms with Gasteiger partial charge in [0.2, 0.25) is 5.75 Å². The first-order valence-electron chi connectivity index (χ1n) is 7.84. The number of hydrogen-bond acceptors (Lipinski definition) is 5. The maximum atomic E-state index is 12.4. The number of carbonyl (C=O) groups is 1. The van der Waals surface area contributed by atoms with Crippen molar-refractivity contribution in [3.8, 4) is 17.2 Å². The number of nitrogens with one attached hydrogen (secondary N) is 1. The SMILES string of the molecule is CCN(CC)C(C)CNC(=O)c1cc(OC)c(OC)c(OC)c1. The van der Waals surface area contributed by atoms with Crippen molar-refractivity contribution in [1.29, 1.82) is 0 Å². The third-order valence-corrected chi connectivity index (χ3v) is 3.92. The lowest BCUT2D eigenvalue weighted by atomic mass is 10.1. The molecule has 1 atom stereocenters. The van der Waals surface area contributed by atoms with Gasteiger partial charge < -0.3 is 19.5 Å². The van der Waals surface area contributed by atoms with Gasteiger partial charge in [0.25, 0.3) is 5.91 Å². The highest BCUT2D eigenvalue weighted by Gasteiger charge is 2.18. The molecule has 23 heavy (non-hydrogen) atoms. The maximum absolute atomic E-state index is 12.4. The summed E-state index contributed by atoms with van der Waals surface area (Å²) in [6.07, 6.45) is 0. The summed E-state index contributed by atoms with van der Waals surface area (Å²) in [4.78, 5) is 14.7. The molecule has 0 spiro atoms. The van der Waals surface area contributed by atoms with Crippen molar-refractivity contribution >= 4 is 5.91 Å². The number of ether oxygens (including phenoxy) is 3. The van der Waals surface area contributed by atoms with E-state index < -0.39 is 0 Å². The zero-order chi connectivity index (χ0) is 17.4. The molecule has 0 bridgehead atoms. The van der Waals surface area contributed by atoms with Crippen LogP contribution < -0.4 is 19.5 Å². The molecule has 1 N–H and O–H groups in total. The molecule has 1 amide bonds. The molecule has 0 fully saturated rings. The zero-order valence-corrected chi connectivity index (χ0v) is 14.9. The van der Waals surface area contributed by atoms with Crippen LogP contribution in [-0.4, -0.2) is 57.8 Å². The first-order valence-corrected chi connectivity index (χ1v) is 7.84. The van der Waals surface area contributed by atoms with E-state index in [-0.39, 0.29) is 11.9 Å². The second-order valence-electron chi connectivity index (χ2n) is 5.19. The van der Waals surface area contributed by atoms with Crippen LogP contribution in [0.3, 0.4) is 0 Å². The number of rotatable bonds is 9. The van der Waals surface area contributed by atoms with E-state index in [4.69, 9.17) is 14.2 Å². The molecular weight excluding hydrogens is 296 g/mol.